The Morgan fingerprint density at radius 1 is 1.47 bits per heavy atom. The van der Waals surface area contributed by atoms with E-state index in [2.05, 4.69) is 5.32 Å². The quantitative estimate of drug-likeness (QED) is 0.741. The Balaban J connectivity index is 2.88. The first kappa shape index (κ1) is 13.0. The average molecular weight is 239 g/mol. The van der Waals surface area contributed by atoms with Gasteiger partial charge >= 0.3 is 0 Å². The van der Waals surface area contributed by atoms with Crippen molar-refractivity contribution >= 4 is 17.5 Å². The molecule has 0 spiro atoms. The lowest BCUT2D eigenvalue weighted by atomic mass is 10.1. The van der Waals surface area contributed by atoms with Crippen LogP contribution in [0.25, 0.3) is 0 Å². The summed E-state index contributed by atoms with van der Waals surface area (Å²) < 4.78 is 13.0. The molecule has 17 heavy (non-hydrogen) atoms. The number of carbonyl (C=O) groups is 2. The Morgan fingerprint density at radius 2 is 2.12 bits per heavy atom. The van der Waals surface area contributed by atoms with Gasteiger partial charge < -0.3 is 16.0 Å². The number of halogens is 1. The Labute approximate surface area is 98.4 Å². The molecule has 5 nitrogen and oxygen atoms in total. The molecule has 0 unspecified atom stereocenters. The van der Waals surface area contributed by atoms with Crippen molar-refractivity contribution in [1.82, 2.24) is 10.2 Å². The molecule has 0 heterocycles. The topological polar surface area (TPSA) is 75.4 Å². The molecular formula is C11H14FN3O2. The van der Waals surface area contributed by atoms with Gasteiger partial charge in [-0.2, -0.15) is 0 Å². The summed E-state index contributed by atoms with van der Waals surface area (Å²) in [5.74, 6) is -1.35. The minimum atomic E-state index is -0.545. The first-order valence-electron chi connectivity index (χ1n) is 4.96. The molecule has 0 saturated heterocycles. The number of nitrogen functional groups attached to an aromatic ring is 1. The highest BCUT2D eigenvalue weighted by molar-refractivity contribution is 6.00. The zero-order chi connectivity index (χ0) is 13.0. The number of nitrogens with two attached hydrogens (primary N) is 1. The summed E-state index contributed by atoms with van der Waals surface area (Å²) in [7, 11) is 2.92. The minimum Gasteiger partial charge on any atom is -0.398 e. The summed E-state index contributed by atoms with van der Waals surface area (Å²) in [5, 5.41) is 2.39. The number of nitrogens with zero attached hydrogens (tertiary/aromatic N) is 1. The van der Waals surface area contributed by atoms with E-state index < -0.39 is 11.7 Å². The first-order chi connectivity index (χ1) is 7.95. The fraction of sp³-hybridized carbons (Fsp3) is 0.273. The van der Waals surface area contributed by atoms with Crippen molar-refractivity contribution in [3.05, 3.63) is 29.6 Å². The molecule has 3 N–H and O–H groups in total. The van der Waals surface area contributed by atoms with E-state index in [1.54, 1.807) is 0 Å². The number of rotatable bonds is 3. The largest absolute Gasteiger partial charge is 0.398 e. The average Bonchev–Trinajstić information content (AvgIpc) is 2.31. The van der Waals surface area contributed by atoms with E-state index >= 15 is 0 Å². The van der Waals surface area contributed by atoms with Crippen LogP contribution < -0.4 is 11.1 Å². The molecule has 1 rings (SSSR count). The molecule has 1 aromatic carbocycles. The third-order valence-corrected chi connectivity index (χ3v) is 2.25. The van der Waals surface area contributed by atoms with E-state index in [4.69, 9.17) is 5.73 Å². The number of amides is 2. The van der Waals surface area contributed by atoms with Crippen LogP contribution in [-0.4, -0.2) is 37.4 Å². The lowest BCUT2D eigenvalue weighted by Gasteiger charge is -2.17. The Morgan fingerprint density at radius 3 is 2.71 bits per heavy atom. The van der Waals surface area contributed by atoms with Crippen molar-refractivity contribution in [2.24, 2.45) is 0 Å². The second kappa shape index (κ2) is 5.29. The summed E-state index contributed by atoms with van der Waals surface area (Å²) in [4.78, 5) is 24.1. The molecule has 0 aliphatic carbocycles. The van der Waals surface area contributed by atoms with Gasteiger partial charge in [-0.3, -0.25) is 9.59 Å². The van der Waals surface area contributed by atoms with Crippen LogP contribution in [0.1, 0.15) is 10.4 Å². The molecule has 0 atom stereocenters. The molecule has 0 aliphatic rings. The fourth-order valence-corrected chi connectivity index (χ4v) is 1.29. The number of anilines is 1. The van der Waals surface area contributed by atoms with Gasteiger partial charge in [-0.05, 0) is 18.2 Å². The lowest BCUT2D eigenvalue weighted by Crippen LogP contribution is -2.37. The summed E-state index contributed by atoms with van der Waals surface area (Å²) in [6.45, 7) is -0.106. The summed E-state index contributed by atoms with van der Waals surface area (Å²) >= 11 is 0. The minimum absolute atomic E-state index is 0.0522. The van der Waals surface area contributed by atoms with Crippen molar-refractivity contribution in [3.63, 3.8) is 0 Å². The third kappa shape index (κ3) is 3.17. The summed E-state index contributed by atoms with van der Waals surface area (Å²) in [6, 6.07) is 3.54. The highest BCUT2D eigenvalue weighted by atomic mass is 19.1. The smallest absolute Gasteiger partial charge is 0.256 e. The normalized spacial score (nSPS) is 9.82. The van der Waals surface area contributed by atoms with E-state index in [1.807, 2.05) is 0 Å². The first-order valence-corrected chi connectivity index (χ1v) is 4.96. The van der Waals surface area contributed by atoms with Gasteiger partial charge in [0.2, 0.25) is 5.91 Å². The zero-order valence-electron chi connectivity index (χ0n) is 9.66. The number of likely N-dealkylation sites (N-methyl/N-ethyl adjacent to an activating group) is 2. The van der Waals surface area contributed by atoms with Crippen molar-refractivity contribution in [3.8, 4) is 0 Å². The molecule has 1 aromatic rings. The summed E-state index contributed by atoms with van der Waals surface area (Å²) in [5.41, 5.74) is 5.81. The molecule has 0 radical (unpaired) electrons. The van der Waals surface area contributed by atoms with Gasteiger partial charge in [-0.25, -0.2) is 4.39 Å². The number of hydrogen-bond acceptors (Lipinski definition) is 3. The van der Waals surface area contributed by atoms with Gasteiger partial charge in [0.05, 0.1) is 12.1 Å². The van der Waals surface area contributed by atoms with Crippen LogP contribution >= 0.6 is 0 Å². The summed E-state index contributed by atoms with van der Waals surface area (Å²) in [6.07, 6.45) is 0. The van der Waals surface area contributed by atoms with E-state index in [-0.39, 0.29) is 23.7 Å². The molecule has 0 bridgehead atoms. The van der Waals surface area contributed by atoms with Crippen LogP contribution in [0.5, 0.6) is 0 Å². The van der Waals surface area contributed by atoms with E-state index in [0.29, 0.717) is 0 Å². The van der Waals surface area contributed by atoms with E-state index in [1.165, 1.54) is 31.1 Å². The number of nitrogens with one attached hydrogen (secondary N) is 1. The molecule has 2 amide bonds. The number of hydrogen-bond donors (Lipinski definition) is 2. The maximum Gasteiger partial charge on any atom is 0.256 e. The van der Waals surface area contributed by atoms with Gasteiger partial charge in [0.25, 0.3) is 5.91 Å². The Bertz CT molecular complexity index is 448. The highest BCUT2D eigenvalue weighted by Crippen LogP contribution is 2.15. The lowest BCUT2D eigenvalue weighted by molar-refractivity contribution is -0.121. The SMILES string of the molecule is CNC(=O)CN(C)C(=O)c1cc(F)ccc1N. The zero-order valence-corrected chi connectivity index (χ0v) is 9.66. The maximum absolute atomic E-state index is 13.0. The monoisotopic (exact) mass is 239 g/mol. The van der Waals surface area contributed by atoms with Crippen molar-refractivity contribution in [2.75, 3.05) is 26.4 Å². The van der Waals surface area contributed by atoms with E-state index in [0.717, 1.165) is 6.07 Å². The molecule has 0 fully saturated rings. The second-order valence-corrected chi connectivity index (χ2v) is 3.57. The third-order valence-electron chi connectivity index (χ3n) is 2.25. The molecule has 0 aliphatic heterocycles. The van der Waals surface area contributed by atoms with Crippen LogP contribution in [-0.2, 0) is 4.79 Å². The predicted molar refractivity (Wildman–Crippen MR) is 61.8 cm³/mol. The van der Waals surface area contributed by atoms with Gasteiger partial charge in [-0.15, -0.1) is 0 Å². The predicted octanol–water partition coefficient (Wildman–Crippen LogP) is 0.226. The number of carbonyl (C=O) groups excluding carboxylic acids is 2. The van der Waals surface area contributed by atoms with Crippen LogP contribution in [0.4, 0.5) is 10.1 Å². The standard InChI is InChI=1S/C11H14FN3O2/c1-14-10(16)6-15(2)11(17)8-5-7(12)3-4-9(8)13/h3-5H,6,13H2,1-2H3,(H,14,16). The molecular weight excluding hydrogens is 225 g/mol. The van der Waals surface area contributed by atoms with Crippen LogP contribution in [0, 0.1) is 5.82 Å². The highest BCUT2D eigenvalue weighted by Gasteiger charge is 2.17. The molecule has 0 aromatic heterocycles. The second-order valence-electron chi connectivity index (χ2n) is 3.57. The van der Waals surface area contributed by atoms with Gasteiger partial charge in [0.15, 0.2) is 0 Å². The number of benzene rings is 1. The van der Waals surface area contributed by atoms with Crippen molar-refractivity contribution < 1.29 is 14.0 Å². The Kier molecular flexibility index (Phi) is 4.03. The van der Waals surface area contributed by atoms with Crippen LogP contribution in [0.2, 0.25) is 0 Å². The van der Waals surface area contributed by atoms with Crippen LogP contribution in [0.15, 0.2) is 18.2 Å². The van der Waals surface area contributed by atoms with Crippen LogP contribution in [0.3, 0.4) is 0 Å². The van der Waals surface area contributed by atoms with Crippen molar-refractivity contribution in [2.45, 2.75) is 0 Å². The van der Waals surface area contributed by atoms with E-state index in [9.17, 15) is 14.0 Å². The molecule has 92 valence electrons. The van der Waals surface area contributed by atoms with Crippen molar-refractivity contribution in [1.29, 1.82) is 0 Å². The molecule has 0 saturated carbocycles. The van der Waals surface area contributed by atoms with Gasteiger partial charge in [0.1, 0.15) is 5.82 Å². The fourth-order valence-electron chi connectivity index (χ4n) is 1.29. The molecule has 6 heteroatoms. The van der Waals surface area contributed by atoms with Gasteiger partial charge in [-0.1, -0.05) is 0 Å². The Hall–Kier alpha value is -2.11. The van der Waals surface area contributed by atoms with Gasteiger partial charge in [0, 0.05) is 19.8 Å². The maximum atomic E-state index is 13.0.